The molecule has 0 aromatic heterocycles. The highest BCUT2D eigenvalue weighted by Crippen LogP contribution is 2.18. The average molecular weight is 238 g/mol. The number of hydrogen-bond donors (Lipinski definition) is 2. The lowest BCUT2D eigenvalue weighted by atomic mass is 9.98. The molecule has 2 aliphatic rings. The van der Waals surface area contributed by atoms with Gasteiger partial charge in [-0.25, -0.2) is 5.43 Å². The summed E-state index contributed by atoms with van der Waals surface area (Å²) in [5.74, 6) is -0.183. The molecule has 2 aliphatic heterocycles. The molecule has 0 bridgehead atoms. The Morgan fingerprint density at radius 2 is 2.18 bits per heavy atom. The fraction of sp³-hybridized carbons (Fsp3) is 0.727. The van der Waals surface area contributed by atoms with Crippen molar-refractivity contribution in [2.24, 2.45) is 5.10 Å². The molecule has 1 fully saturated rings. The highest BCUT2D eigenvalue weighted by atomic mass is 16.2. The van der Waals surface area contributed by atoms with Gasteiger partial charge in [0.05, 0.1) is 5.54 Å². The summed E-state index contributed by atoms with van der Waals surface area (Å²) in [5.41, 5.74) is 2.61. The lowest BCUT2D eigenvalue weighted by molar-refractivity contribution is -0.130. The zero-order valence-electron chi connectivity index (χ0n) is 10.2. The summed E-state index contributed by atoms with van der Waals surface area (Å²) in [6.07, 6.45) is 0.780. The molecular formula is C11H18N4O2. The first-order valence-corrected chi connectivity index (χ1v) is 5.89. The third kappa shape index (κ3) is 2.46. The predicted molar refractivity (Wildman–Crippen MR) is 63.5 cm³/mol. The van der Waals surface area contributed by atoms with Crippen LogP contribution in [0.5, 0.6) is 0 Å². The van der Waals surface area contributed by atoms with Gasteiger partial charge in [0.2, 0.25) is 5.91 Å². The first-order valence-electron chi connectivity index (χ1n) is 5.89. The van der Waals surface area contributed by atoms with E-state index in [1.807, 2.05) is 18.7 Å². The van der Waals surface area contributed by atoms with Gasteiger partial charge in [-0.15, -0.1) is 0 Å². The van der Waals surface area contributed by atoms with Crippen molar-refractivity contribution in [3.63, 3.8) is 0 Å². The predicted octanol–water partition coefficient (Wildman–Crippen LogP) is -0.537. The minimum absolute atomic E-state index is 0.0588. The topological polar surface area (TPSA) is 73.8 Å². The van der Waals surface area contributed by atoms with Gasteiger partial charge in [-0.3, -0.25) is 9.59 Å². The number of hydrogen-bond acceptors (Lipinski definition) is 4. The second kappa shape index (κ2) is 4.44. The maximum absolute atomic E-state index is 12.3. The largest absolute Gasteiger partial charge is 0.330 e. The number of rotatable bonds is 1. The second-order valence-corrected chi connectivity index (χ2v) is 5.04. The average Bonchev–Trinajstić information content (AvgIpc) is 2.28. The van der Waals surface area contributed by atoms with Crippen LogP contribution in [0.25, 0.3) is 0 Å². The zero-order chi connectivity index (χ0) is 12.5. The summed E-state index contributed by atoms with van der Waals surface area (Å²) in [6, 6.07) is 0. The van der Waals surface area contributed by atoms with E-state index in [1.165, 1.54) is 0 Å². The highest BCUT2D eigenvalue weighted by Gasteiger charge is 2.35. The van der Waals surface area contributed by atoms with Crippen molar-refractivity contribution in [3.05, 3.63) is 0 Å². The lowest BCUT2D eigenvalue weighted by Crippen LogP contribution is -2.61. The van der Waals surface area contributed by atoms with Crippen molar-refractivity contribution in [1.82, 2.24) is 15.6 Å². The van der Waals surface area contributed by atoms with Crippen LogP contribution in [0.3, 0.4) is 0 Å². The summed E-state index contributed by atoms with van der Waals surface area (Å²) < 4.78 is 0. The van der Waals surface area contributed by atoms with E-state index in [0.29, 0.717) is 25.1 Å². The van der Waals surface area contributed by atoms with Gasteiger partial charge in [0.1, 0.15) is 5.71 Å². The molecule has 2 amide bonds. The van der Waals surface area contributed by atoms with Gasteiger partial charge in [0, 0.05) is 32.5 Å². The van der Waals surface area contributed by atoms with E-state index < -0.39 is 0 Å². The van der Waals surface area contributed by atoms with Crippen LogP contribution in [0.2, 0.25) is 0 Å². The number of carbonyl (C=O) groups is 2. The maximum Gasteiger partial charge on any atom is 0.270 e. The van der Waals surface area contributed by atoms with Crippen molar-refractivity contribution >= 4 is 17.5 Å². The summed E-state index contributed by atoms with van der Waals surface area (Å²) in [7, 11) is 0. The molecule has 0 saturated carbocycles. The monoisotopic (exact) mass is 238 g/mol. The normalized spacial score (nSPS) is 24.0. The van der Waals surface area contributed by atoms with Crippen LogP contribution in [0.15, 0.2) is 5.10 Å². The van der Waals surface area contributed by atoms with E-state index in [2.05, 4.69) is 15.8 Å². The van der Waals surface area contributed by atoms with Crippen LogP contribution in [0.1, 0.15) is 26.7 Å². The molecule has 0 spiro atoms. The van der Waals surface area contributed by atoms with Gasteiger partial charge < -0.3 is 10.2 Å². The van der Waals surface area contributed by atoms with Gasteiger partial charge in [0.25, 0.3) is 5.91 Å². The summed E-state index contributed by atoms with van der Waals surface area (Å²) in [4.78, 5) is 25.1. The van der Waals surface area contributed by atoms with Gasteiger partial charge in [0.15, 0.2) is 0 Å². The highest BCUT2D eigenvalue weighted by molar-refractivity contribution is 6.39. The number of piperazine rings is 1. The molecule has 0 aromatic rings. The maximum atomic E-state index is 12.3. The molecule has 0 aliphatic carbocycles. The number of carbonyl (C=O) groups excluding carboxylic acids is 2. The molecule has 6 heteroatoms. The van der Waals surface area contributed by atoms with Gasteiger partial charge in [-0.2, -0.15) is 5.10 Å². The second-order valence-electron chi connectivity index (χ2n) is 5.04. The van der Waals surface area contributed by atoms with Crippen LogP contribution in [0, 0.1) is 0 Å². The first kappa shape index (κ1) is 12.0. The summed E-state index contributed by atoms with van der Waals surface area (Å²) in [6.45, 7) is 6.31. The molecule has 2 heterocycles. The Morgan fingerprint density at radius 1 is 1.41 bits per heavy atom. The third-order valence-electron chi connectivity index (χ3n) is 3.20. The molecule has 0 atom stereocenters. The molecule has 1 saturated heterocycles. The summed E-state index contributed by atoms with van der Waals surface area (Å²) in [5, 5.41) is 7.12. The standard InChI is InChI=1S/C11H18N4O2/c1-11(2)7-12-5-6-15(11)10(17)8-3-4-9(16)14-13-8/h12H,3-7H2,1-2H3,(H,14,16). The first-order chi connectivity index (χ1) is 8.00. The summed E-state index contributed by atoms with van der Waals surface area (Å²) >= 11 is 0. The SMILES string of the molecule is CC1(C)CNCCN1C(=O)C1=NNC(=O)CC1. The van der Waals surface area contributed by atoms with Crippen LogP contribution >= 0.6 is 0 Å². The Bertz CT molecular complexity index is 376. The Labute approximate surface area is 100 Å². The minimum Gasteiger partial charge on any atom is -0.330 e. The minimum atomic E-state index is -0.209. The molecule has 6 nitrogen and oxygen atoms in total. The molecule has 94 valence electrons. The van der Waals surface area contributed by atoms with E-state index in [9.17, 15) is 9.59 Å². The van der Waals surface area contributed by atoms with E-state index >= 15 is 0 Å². The quantitative estimate of drug-likeness (QED) is 0.644. The van der Waals surface area contributed by atoms with Crippen LogP contribution in [-0.2, 0) is 9.59 Å². The number of amides is 2. The van der Waals surface area contributed by atoms with E-state index in [0.717, 1.165) is 13.1 Å². The fourth-order valence-electron chi connectivity index (χ4n) is 2.14. The molecule has 2 N–H and O–H groups in total. The zero-order valence-corrected chi connectivity index (χ0v) is 10.2. The molecule has 0 aromatic carbocycles. The van der Waals surface area contributed by atoms with Crippen LogP contribution < -0.4 is 10.7 Å². The van der Waals surface area contributed by atoms with Crippen molar-refractivity contribution in [1.29, 1.82) is 0 Å². The van der Waals surface area contributed by atoms with Crippen molar-refractivity contribution in [2.75, 3.05) is 19.6 Å². The molecule has 2 rings (SSSR count). The van der Waals surface area contributed by atoms with Crippen molar-refractivity contribution < 1.29 is 9.59 Å². The Hall–Kier alpha value is -1.43. The Balaban J connectivity index is 2.11. The van der Waals surface area contributed by atoms with Gasteiger partial charge >= 0.3 is 0 Å². The van der Waals surface area contributed by atoms with Crippen molar-refractivity contribution in [3.8, 4) is 0 Å². The van der Waals surface area contributed by atoms with Gasteiger partial charge in [-0.05, 0) is 13.8 Å². The Morgan fingerprint density at radius 3 is 2.76 bits per heavy atom. The number of nitrogens with zero attached hydrogens (tertiary/aromatic N) is 2. The number of hydrazone groups is 1. The number of nitrogens with one attached hydrogen (secondary N) is 2. The molecular weight excluding hydrogens is 220 g/mol. The lowest BCUT2D eigenvalue weighted by Gasteiger charge is -2.43. The molecule has 0 unspecified atom stereocenters. The van der Waals surface area contributed by atoms with E-state index in [1.54, 1.807) is 0 Å². The van der Waals surface area contributed by atoms with E-state index in [4.69, 9.17) is 0 Å². The van der Waals surface area contributed by atoms with Crippen LogP contribution in [0.4, 0.5) is 0 Å². The smallest absolute Gasteiger partial charge is 0.270 e. The van der Waals surface area contributed by atoms with Crippen molar-refractivity contribution in [2.45, 2.75) is 32.2 Å². The van der Waals surface area contributed by atoms with Crippen LogP contribution in [-0.4, -0.2) is 47.6 Å². The van der Waals surface area contributed by atoms with E-state index in [-0.39, 0.29) is 17.4 Å². The molecule has 17 heavy (non-hydrogen) atoms. The van der Waals surface area contributed by atoms with Gasteiger partial charge in [-0.1, -0.05) is 0 Å². The molecule has 0 radical (unpaired) electrons. The Kier molecular flexibility index (Phi) is 3.15. The third-order valence-corrected chi connectivity index (χ3v) is 3.20. The fourth-order valence-corrected chi connectivity index (χ4v) is 2.14.